The number of nitrogens with two attached hydrogens (primary N) is 2. The molecule has 0 aliphatic carbocycles. The number of primary amides is 1. The molecule has 86 heavy (non-hydrogen) atoms. The van der Waals surface area contributed by atoms with Gasteiger partial charge in [-0.15, -0.1) is 0 Å². The van der Waals surface area contributed by atoms with Gasteiger partial charge < -0.3 is 74.1 Å². The number of hydrogen-bond acceptors (Lipinski definition) is 16. The molecular weight excluding hydrogens is 1150 g/mol. The average Bonchev–Trinajstić information content (AvgIpc) is 3.07. The molecule has 1 heterocycles. The lowest BCUT2D eigenvalue weighted by Crippen LogP contribution is -2.61. The van der Waals surface area contributed by atoms with Gasteiger partial charge in [0.2, 0.25) is 59.1 Å². The SMILES string of the molecule is CSCC[C@H](NC(=O)[C@H](CC(C)C)NC(=O)CNC(=O)[C@H](Cc1ccccc1)N(C)C(=O)[C@H](Cc1ccccc1)NC(=O)[C@H](CC(C)C)NC(=O)[C@H](CC(=O)O)NC(=O)[C@H](Cc1cnc[nH]1)NC(=O)[C@H](CCSC)NC(=O)[C@@H](N)CC(=O)O)C(N)=O. The van der Waals surface area contributed by atoms with E-state index in [0.29, 0.717) is 28.3 Å². The average molecular weight is 1240 g/mol. The van der Waals surface area contributed by atoms with Crippen molar-refractivity contribution in [3.8, 4) is 0 Å². The van der Waals surface area contributed by atoms with Crippen LogP contribution < -0.4 is 54.0 Å². The van der Waals surface area contributed by atoms with Crippen molar-refractivity contribution in [1.82, 2.24) is 57.4 Å². The number of carboxylic acid groups (broad SMARTS) is 2. The number of amides is 10. The number of nitrogens with zero attached hydrogens (tertiary/aromatic N) is 2. The Morgan fingerprint density at radius 1 is 0.558 bits per heavy atom. The summed E-state index contributed by atoms with van der Waals surface area (Å²) < 4.78 is 0. The first kappa shape index (κ1) is 72.2. The summed E-state index contributed by atoms with van der Waals surface area (Å²) >= 11 is 2.78. The topological polar surface area (TPSA) is 425 Å². The quantitative estimate of drug-likeness (QED) is 0.0330. The van der Waals surface area contributed by atoms with E-state index in [0.717, 1.165) is 4.90 Å². The first-order valence-corrected chi connectivity index (χ1v) is 30.7. The number of thioether (sulfide) groups is 2. The van der Waals surface area contributed by atoms with Crippen LogP contribution in [0.1, 0.15) is 83.0 Å². The minimum atomic E-state index is -1.88. The fraction of sp³-hybridized carbons (Fsp3) is 0.526. The van der Waals surface area contributed by atoms with Crippen LogP contribution in [0.5, 0.6) is 0 Å². The number of H-pyrrole nitrogens is 1. The van der Waals surface area contributed by atoms with Crippen LogP contribution in [0.15, 0.2) is 73.2 Å². The Bertz CT molecular complexity index is 2740. The Kier molecular flexibility index (Phi) is 31.4. The number of hydrogen-bond donors (Lipinski definition) is 13. The van der Waals surface area contributed by atoms with Gasteiger partial charge in [0.15, 0.2) is 0 Å². The molecule has 1 aromatic heterocycles. The Morgan fingerprint density at radius 2 is 1.01 bits per heavy atom. The van der Waals surface area contributed by atoms with Gasteiger partial charge >= 0.3 is 11.9 Å². The van der Waals surface area contributed by atoms with Gasteiger partial charge in [-0.25, -0.2) is 4.98 Å². The summed E-state index contributed by atoms with van der Waals surface area (Å²) in [4.78, 5) is 170. The molecule has 472 valence electrons. The summed E-state index contributed by atoms with van der Waals surface area (Å²) in [7, 11) is 1.35. The Hall–Kier alpha value is -8.05. The summed E-state index contributed by atoms with van der Waals surface area (Å²) in [6, 6.07) is 4.69. The van der Waals surface area contributed by atoms with E-state index < -0.39 is 145 Å². The third kappa shape index (κ3) is 26.1. The van der Waals surface area contributed by atoms with Gasteiger partial charge in [-0.05, 0) is 72.7 Å². The van der Waals surface area contributed by atoms with Crippen molar-refractivity contribution in [2.75, 3.05) is 37.6 Å². The van der Waals surface area contributed by atoms with Gasteiger partial charge in [0, 0.05) is 38.2 Å². The van der Waals surface area contributed by atoms with Crippen LogP contribution in [0, 0.1) is 11.8 Å². The number of aromatic amines is 1. The third-order valence-electron chi connectivity index (χ3n) is 13.3. The van der Waals surface area contributed by atoms with Crippen LogP contribution >= 0.6 is 23.5 Å². The number of imidazole rings is 1. The van der Waals surface area contributed by atoms with Crippen molar-refractivity contribution in [3.63, 3.8) is 0 Å². The van der Waals surface area contributed by atoms with Crippen molar-refractivity contribution < 1.29 is 67.7 Å². The van der Waals surface area contributed by atoms with Gasteiger partial charge in [-0.3, -0.25) is 57.5 Å². The maximum Gasteiger partial charge on any atom is 0.305 e. The molecule has 9 atom stereocenters. The largest absolute Gasteiger partial charge is 0.481 e. The lowest BCUT2D eigenvalue weighted by molar-refractivity contribution is -0.143. The van der Waals surface area contributed by atoms with E-state index in [2.05, 4.69) is 52.5 Å². The fourth-order valence-corrected chi connectivity index (χ4v) is 9.73. The van der Waals surface area contributed by atoms with Crippen LogP contribution in [0.4, 0.5) is 0 Å². The Morgan fingerprint density at radius 3 is 1.52 bits per heavy atom. The van der Waals surface area contributed by atoms with Crippen LogP contribution in [0.3, 0.4) is 0 Å². The summed E-state index contributed by atoms with van der Waals surface area (Å²) in [5.74, 6) is -11.0. The molecule has 0 radical (unpaired) electrons. The van der Waals surface area contributed by atoms with Crippen molar-refractivity contribution in [3.05, 3.63) is 90.0 Å². The number of carbonyl (C=O) groups is 12. The minimum Gasteiger partial charge on any atom is -0.481 e. The molecule has 3 rings (SSSR count). The lowest BCUT2D eigenvalue weighted by atomic mass is 9.99. The second-order valence-corrected chi connectivity index (χ2v) is 23.3. The first-order valence-electron chi connectivity index (χ1n) is 27.9. The highest BCUT2D eigenvalue weighted by molar-refractivity contribution is 7.98. The number of benzene rings is 2. The molecule has 0 aliphatic rings. The smallest absolute Gasteiger partial charge is 0.305 e. The molecule has 0 unspecified atom stereocenters. The standard InChI is InChI=1S/C57H83N13O14S2/c1-32(2)22-40(52(79)64-38(49(59)76)18-20-85-6)63-46(71)30-61-56(83)45(25-35-16-12-9-13-17-35)70(5)57(84)44(24-34-14-10-8-11-15-34)69-53(80)41(23-33(3)4)66-55(82)43(28-48(74)75)68-54(81)42(26-36-29-60-31-62-36)67-51(78)39(19-21-86-7)65-50(77)37(58)27-47(72)73/h8-17,29,31-33,37-45H,18-28,30,58H2,1-7H3,(H2,59,76)(H,60,62)(H,61,83)(H,63,71)(H,64,79)(H,65,77)(H,66,82)(H,67,78)(H,68,81)(H,69,80)(H,72,73)(H,74,75)/t37-,38-,39-,40-,41-,42-,43-,44-,45-/m0/s1. The van der Waals surface area contributed by atoms with Crippen LogP contribution in [-0.2, 0) is 76.8 Å². The number of carboxylic acids is 2. The number of carbonyl (C=O) groups excluding carboxylic acids is 10. The van der Waals surface area contributed by atoms with E-state index >= 15 is 0 Å². The summed E-state index contributed by atoms with van der Waals surface area (Å²) in [5.41, 5.74) is 12.8. The van der Waals surface area contributed by atoms with E-state index in [1.54, 1.807) is 80.8 Å². The van der Waals surface area contributed by atoms with E-state index in [1.165, 1.54) is 43.1 Å². The van der Waals surface area contributed by atoms with E-state index in [9.17, 15) is 62.6 Å². The third-order valence-corrected chi connectivity index (χ3v) is 14.6. The highest BCUT2D eigenvalue weighted by Gasteiger charge is 2.37. The molecule has 29 heteroatoms. The monoisotopic (exact) mass is 1240 g/mol. The second-order valence-electron chi connectivity index (χ2n) is 21.4. The molecule has 3 aromatic rings. The molecule has 0 bridgehead atoms. The van der Waals surface area contributed by atoms with Crippen LogP contribution in [-0.4, -0.2) is 188 Å². The number of likely N-dealkylation sites (N-methyl/N-ethyl adjacent to an activating group) is 1. The summed E-state index contributed by atoms with van der Waals surface area (Å²) in [5, 5.41) is 39.7. The highest BCUT2D eigenvalue weighted by Crippen LogP contribution is 2.16. The maximum atomic E-state index is 15.0. The molecule has 0 saturated heterocycles. The second kappa shape index (κ2) is 37.4. The fourth-order valence-electron chi connectivity index (χ4n) is 8.78. The van der Waals surface area contributed by atoms with Crippen molar-refractivity contribution >= 4 is 94.5 Å². The van der Waals surface area contributed by atoms with Gasteiger partial charge in [-0.1, -0.05) is 88.4 Å². The highest BCUT2D eigenvalue weighted by atomic mass is 32.2. The number of aromatic nitrogens is 2. The van der Waals surface area contributed by atoms with Gasteiger partial charge in [0.05, 0.1) is 31.8 Å². The van der Waals surface area contributed by atoms with E-state index in [-0.39, 0.29) is 56.8 Å². The molecule has 0 spiro atoms. The molecule has 0 aliphatic heterocycles. The molecule has 10 amide bonds. The van der Waals surface area contributed by atoms with E-state index in [4.69, 9.17) is 16.6 Å². The van der Waals surface area contributed by atoms with Gasteiger partial charge in [0.1, 0.15) is 48.3 Å². The minimum absolute atomic E-state index is 0.0170. The van der Waals surface area contributed by atoms with E-state index in [1.807, 2.05) is 20.1 Å². The molecule has 27 nitrogen and oxygen atoms in total. The molecule has 0 saturated carbocycles. The zero-order chi connectivity index (χ0) is 64.0. The number of rotatable bonds is 39. The molecule has 2 aromatic carbocycles. The predicted molar refractivity (Wildman–Crippen MR) is 322 cm³/mol. The Balaban J connectivity index is 1.95. The van der Waals surface area contributed by atoms with Crippen LogP contribution in [0.25, 0.3) is 0 Å². The number of aliphatic carboxylic acids is 2. The molecule has 0 fully saturated rings. The zero-order valence-corrected chi connectivity index (χ0v) is 51.1. The summed E-state index contributed by atoms with van der Waals surface area (Å²) in [6.45, 7) is 6.51. The van der Waals surface area contributed by atoms with Crippen molar-refractivity contribution in [1.29, 1.82) is 0 Å². The van der Waals surface area contributed by atoms with Gasteiger partial charge in [0.25, 0.3) is 0 Å². The first-order chi connectivity index (χ1) is 40.7. The molecular formula is C57H83N13O14S2. The van der Waals surface area contributed by atoms with Gasteiger partial charge in [-0.2, -0.15) is 23.5 Å². The van der Waals surface area contributed by atoms with Crippen LogP contribution in [0.2, 0.25) is 0 Å². The van der Waals surface area contributed by atoms with Crippen molar-refractivity contribution in [2.24, 2.45) is 23.3 Å². The lowest BCUT2D eigenvalue weighted by Gasteiger charge is -2.32. The predicted octanol–water partition coefficient (Wildman–Crippen LogP) is -0.865. The Labute approximate surface area is 508 Å². The molecule has 15 N–H and O–H groups in total. The normalized spacial score (nSPS) is 14.3. The summed E-state index contributed by atoms with van der Waals surface area (Å²) in [6.07, 6.45) is 4.37. The van der Waals surface area contributed by atoms with Crippen molar-refractivity contribution in [2.45, 2.75) is 140 Å². The maximum absolute atomic E-state index is 15.0. The zero-order valence-electron chi connectivity index (χ0n) is 49.4. The number of nitrogens with one attached hydrogen (secondary N) is 9.